The van der Waals surface area contributed by atoms with Gasteiger partial charge in [-0.1, -0.05) is 20.3 Å². The van der Waals surface area contributed by atoms with Crippen LogP contribution in [0.3, 0.4) is 0 Å². The lowest BCUT2D eigenvalue weighted by Crippen LogP contribution is -2.41. The molecular weight excluding hydrogens is 264 g/mol. The van der Waals surface area contributed by atoms with Gasteiger partial charge < -0.3 is 0 Å². The summed E-state index contributed by atoms with van der Waals surface area (Å²) in [6.45, 7) is 5.27. The second kappa shape index (κ2) is 7.02. The monoisotopic (exact) mass is 288 g/mol. The minimum atomic E-state index is -3.38. The van der Waals surface area contributed by atoms with E-state index in [2.05, 4.69) is 5.10 Å². The maximum atomic E-state index is 12.4. The summed E-state index contributed by atoms with van der Waals surface area (Å²) in [6, 6.07) is 0. The first-order valence-electron chi connectivity index (χ1n) is 6.60. The molecule has 0 atom stereocenters. The Morgan fingerprint density at radius 1 is 1.37 bits per heavy atom. The van der Waals surface area contributed by atoms with Crippen LogP contribution in [0.4, 0.5) is 0 Å². The van der Waals surface area contributed by atoms with E-state index in [9.17, 15) is 8.42 Å². The zero-order valence-corrected chi connectivity index (χ0v) is 13.0. The Labute approximate surface area is 116 Å². The highest BCUT2D eigenvalue weighted by atomic mass is 32.2. The fourth-order valence-corrected chi connectivity index (χ4v) is 3.20. The van der Waals surface area contributed by atoms with Crippen LogP contribution in [0.25, 0.3) is 0 Å². The van der Waals surface area contributed by atoms with Gasteiger partial charge in [0.15, 0.2) is 0 Å². The average molecular weight is 288 g/mol. The third-order valence-electron chi connectivity index (χ3n) is 3.02. The van der Waals surface area contributed by atoms with E-state index in [0.29, 0.717) is 19.6 Å². The van der Waals surface area contributed by atoms with Crippen LogP contribution in [-0.4, -0.2) is 46.9 Å². The summed E-state index contributed by atoms with van der Waals surface area (Å²) in [5.41, 5.74) is 0.900. The number of rotatable bonds is 8. The summed E-state index contributed by atoms with van der Waals surface area (Å²) in [7, 11) is 0.0742. The molecule has 1 rings (SSSR count). The van der Waals surface area contributed by atoms with E-state index in [1.165, 1.54) is 8.61 Å². The molecule has 0 unspecified atom stereocenters. The summed E-state index contributed by atoms with van der Waals surface area (Å²) in [5, 5.41) is 4.06. The molecular formula is C12H24N4O2S. The van der Waals surface area contributed by atoms with Crippen LogP contribution in [0.15, 0.2) is 12.4 Å². The van der Waals surface area contributed by atoms with E-state index in [4.69, 9.17) is 0 Å². The highest BCUT2D eigenvalue weighted by Crippen LogP contribution is 2.12. The van der Waals surface area contributed by atoms with E-state index >= 15 is 0 Å². The van der Waals surface area contributed by atoms with Crippen LogP contribution in [0, 0.1) is 0 Å². The number of aryl methyl sites for hydroxylation is 1. The van der Waals surface area contributed by atoms with Gasteiger partial charge in [0.2, 0.25) is 0 Å². The van der Waals surface area contributed by atoms with Crippen LogP contribution in [0.5, 0.6) is 0 Å². The van der Waals surface area contributed by atoms with Crippen molar-refractivity contribution in [1.82, 2.24) is 18.4 Å². The molecule has 0 amide bonds. The van der Waals surface area contributed by atoms with E-state index in [0.717, 1.165) is 18.4 Å². The highest BCUT2D eigenvalue weighted by Gasteiger charge is 2.25. The molecule has 1 aromatic rings. The van der Waals surface area contributed by atoms with Gasteiger partial charge in [-0.15, -0.1) is 0 Å². The molecule has 19 heavy (non-hydrogen) atoms. The highest BCUT2D eigenvalue weighted by molar-refractivity contribution is 7.86. The Morgan fingerprint density at radius 3 is 2.53 bits per heavy atom. The molecule has 0 spiro atoms. The number of unbranched alkanes of at least 4 members (excludes halogenated alkanes) is 1. The van der Waals surface area contributed by atoms with Crippen molar-refractivity contribution in [2.75, 3.05) is 20.1 Å². The van der Waals surface area contributed by atoms with E-state index < -0.39 is 10.2 Å². The van der Waals surface area contributed by atoms with Crippen molar-refractivity contribution in [2.24, 2.45) is 7.05 Å². The molecule has 0 bridgehead atoms. The molecule has 0 aliphatic heterocycles. The quantitative estimate of drug-likeness (QED) is 0.722. The van der Waals surface area contributed by atoms with Gasteiger partial charge in [-0.05, 0) is 6.42 Å². The van der Waals surface area contributed by atoms with Crippen molar-refractivity contribution in [3.05, 3.63) is 18.0 Å². The van der Waals surface area contributed by atoms with Gasteiger partial charge in [0.05, 0.1) is 6.20 Å². The smallest absolute Gasteiger partial charge is 0.275 e. The molecule has 0 fully saturated rings. The van der Waals surface area contributed by atoms with E-state index in [1.807, 2.05) is 27.1 Å². The molecule has 0 saturated carbocycles. The summed E-state index contributed by atoms with van der Waals surface area (Å²) in [4.78, 5) is 0. The van der Waals surface area contributed by atoms with Crippen LogP contribution < -0.4 is 0 Å². The first-order valence-corrected chi connectivity index (χ1v) is 8.00. The van der Waals surface area contributed by atoms with E-state index in [1.54, 1.807) is 17.9 Å². The topological polar surface area (TPSA) is 58.4 Å². The van der Waals surface area contributed by atoms with Gasteiger partial charge in [0.1, 0.15) is 0 Å². The van der Waals surface area contributed by atoms with Gasteiger partial charge in [-0.25, -0.2) is 0 Å². The summed E-state index contributed by atoms with van der Waals surface area (Å²) in [6.07, 6.45) is 5.39. The Kier molecular flexibility index (Phi) is 5.96. The maximum absolute atomic E-state index is 12.4. The molecule has 6 nitrogen and oxygen atoms in total. The number of nitrogens with zero attached hydrogens (tertiary/aromatic N) is 4. The molecule has 110 valence electrons. The van der Waals surface area contributed by atoms with Gasteiger partial charge in [-0.3, -0.25) is 4.68 Å². The zero-order chi connectivity index (χ0) is 14.5. The molecule has 0 aromatic carbocycles. The lowest BCUT2D eigenvalue weighted by Gasteiger charge is -2.26. The summed E-state index contributed by atoms with van der Waals surface area (Å²) in [5.74, 6) is 0. The van der Waals surface area contributed by atoms with Gasteiger partial charge in [0, 0.05) is 45.5 Å². The SMILES string of the molecule is CCCCN(C)S(=O)(=O)N(CC)Cc1cnn(C)c1. The largest absolute Gasteiger partial charge is 0.282 e. The molecule has 7 heteroatoms. The molecule has 0 saturated heterocycles. The minimum absolute atomic E-state index is 0.364. The predicted molar refractivity (Wildman–Crippen MR) is 75.7 cm³/mol. The number of hydrogen-bond donors (Lipinski definition) is 0. The van der Waals surface area contributed by atoms with Crippen LogP contribution in [-0.2, 0) is 23.8 Å². The fourth-order valence-electron chi connectivity index (χ4n) is 1.81. The van der Waals surface area contributed by atoms with Crippen molar-refractivity contribution in [3.8, 4) is 0 Å². The molecule has 0 aliphatic carbocycles. The molecule has 0 N–H and O–H groups in total. The normalized spacial score (nSPS) is 12.5. The van der Waals surface area contributed by atoms with Gasteiger partial charge >= 0.3 is 0 Å². The Hall–Kier alpha value is -0.920. The van der Waals surface area contributed by atoms with Crippen molar-refractivity contribution in [3.63, 3.8) is 0 Å². The fraction of sp³-hybridized carbons (Fsp3) is 0.750. The van der Waals surface area contributed by atoms with Crippen molar-refractivity contribution < 1.29 is 8.42 Å². The van der Waals surface area contributed by atoms with Crippen molar-refractivity contribution in [1.29, 1.82) is 0 Å². The van der Waals surface area contributed by atoms with Gasteiger partial charge in [-0.2, -0.15) is 22.1 Å². The first kappa shape index (κ1) is 16.1. The second-order valence-corrected chi connectivity index (χ2v) is 6.67. The molecule has 0 aliphatic rings. The second-order valence-electron chi connectivity index (χ2n) is 4.63. The van der Waals surface area contributed by atoms with Gasteiger partial charge in [0.25, 0.3) is 10.2 Å². The maximum Gasteiger partial charge on any atom is 0.282 e. The summed E-state index contributed by atoms with van der Waals surface area (Å²) >= 11 is 0. The van der Waals surface area contributed by atoms with Crippen LogP contribution in [0.1, 0.15) is 32.3 Å². The van der Waals surface area contributed by atoms with Crippen LogP contribution in [0.2, 0.25) is 0 Å². The van der Waals surface area contributed by atoms with Crippen molar-refractivity contribution in [2.45, 2.75) is 33.2 Å². The van der Waals surface area contributed by atoms with Crippen molar-refractivity contribution >= 4 is 10.2 Å². The average Bonchev–Trinajstić information content (AvgIpc) is 2.78. The third-order valence-corrected chi connectivity index (χ3v) is 5.03. The Bertz CT molecular complexity index is 484. The van der Waals surface area contributed by atoms with E-state index in [-0.39, 0.29) is 0 Å². The number of hydrogen-bond acceptors (Lipinski definition) is 3. The lowest BCUT2D eigenvalue weighted by molar-refractivity contribution is 0.361. The predicted octanol–water partition coefficient (Wildman–Crippen LogP) is 1.22. The Balaban J connectivity index is 2.77. The molecule has 1 aromatic heterocycles. The standard InChI is InChI=1S/C12H24N4O2S/c1-5-7-8-15(4)19(17,18)16(6-2)11-12-9-13-14(3)10-12/h9-10H,5-8,11H2,1-4H3. The van der Waals surface area contributed by atoms with Crippen LogP contribution >= 0.6 is 0 Å². The Morgan fingerprint density at radius 2 is 2.05 bits per heavy atom. The molecule has 0 radical (unpaired) electrons. The lowest BCUT2D eigenvalue weighted by atomic mass is 10.3. The zero-order valence-electron chi connectivity index (χ0n) is 12.2. The first-order chi connectivity index (χ1) is 8.91. The number of aromatic nitrogens is 2. The molecule has 1 heterocycles. The third kappa shape index (κ3) is 4.29. The summed E-state index contributed by atoms with van der Waals surface area (Å²) < 4.78 is 29.4. The minimum Gasteiger partial charge on any atom is -0.275 e.